The number of ether oxygens (including phenoxy) is 2. The van der Waals surface area contributed by atoms with Gasteiger partial charge in [-0.1, -0.05) is 17.7 Å². The zero-order chi connectivity index (χ0) is 19.6. The lowest BCUT2D eigenvalue weighted by molar-refractivity contribution is 0.0888. The molecule has 2 unspecified atom stereocenters. The number of guanidine groups is 1. The van der Waals surface area contributed by atoms with Crippen LogP contribution < -0.4 is 15.5 Å². The highest BCUT2D eigenvalue weighted by atomic mass is 16.5. The minimum atomic E-state index is 0.417. The Kier molecular flexibility index (Phi) is 8.42. The van der Waals surface area contributed by atoms with Gasteiger partial charge in [-0.25, -0.2) is 0 Å². The summed E-state index contributed by atoms with van der Waals surface area (Å²) >= 11 is 0. The molecule has 28 heavy (non-hydrogen) atoms. The molecule has 0 bridgehead atoms. The second kappa shape index (κ2) is 11.3. The molecule has 0 spiro atoms. The molecule has 6 heteroatoms. The Labute approximate surface area is 169 Å². The molecule has 156 valence electrons. The third-order valence-electron chi connectivity index (χ3n) is 5.52. The molecule has 1 aromatic carbocycles. The minimum absolute atomic E-state index is 0.417. The second-order valence-corrected chi connectivity index (χ2v) is 7.92. The standard InChI is InChI=1S/C22H36N4O2/c1-18-6-8-21(9-7-18)26-12-3-5-20(15-26)25-22(23-2)24-11-4-13-27-16-19-10-14-28-17-19/h6-9,19-20H,3-5,10-17H2,1-2H3,(H2,23,24,25). The predicted octanol–water partition coefficient (Wildman–Crippen LogP) is 2.57. The van der Waals surface area contributed by atoms with Crippen molar-refractivity contribution in [1.82, 2.24) is 10.6 Å². The van der Waals surface area contributed by atoms with Crippen molar-refractivity contribution in [2.24, 2.45) is 10.9 Å². The first-order chi connectivity index (χ1) is 13.7. The van der Waals surface area contributed by atoms with Crippen LogP contribution in [0.2, 0.25) is 0 Å². The Morgan fingerprint density at radius 2 is 2.14 bits per heavy atom. The fourth-order valence-electron chi connectivity index (χ4n) is 3.82. The molecule has 0 aromatic heterocycles. The van der Waals surface area contributed by atoms with Crippen molar-refractivity contribution in [3.8, 4) is 0 Å². The van der Waals surface area contributed by atoms with Crippen LogP contribution in [0, 0.1) is 12.8 Å². The maximum atomic E-state index is 5.77. The van der Waals surface area contributed by atoms with E-state index in [0.29, 0.717) is 12.0 Å². The fraction of sp³-hybridized carbons (Fsp3) is 0.682. The van der Waals surface area contributed by atoms with E-state index in [1.54, 1.807) is 0 Å². The normalized spacial score (nSPS) is 23.1. The van der Waals surface area contributed by atoms with Crippen LogP contribution in [0.4, 0.5) is 5.69 Å². The first kappa shape index (κ1) is 20.9. The molecule has 1 aromatic rings. The van der Waals surface area contributed by atoms with Crippen LogP contribution in [0.25, 0.3) is 0 Å². The van der Waals surface area contributed by atoms with Gasteiger partial charge in [0, 0.05) is 57.5 Å². The predicted molar refractivity (Wildman–Crippen MR) is 115 cm³/mol. The third-order valence-corrected chi connectivity index (χ3v) is 5.52. The molecule has 3 rings (SSSR count). The van der Waals surface area contributed by atoms with Crippen molar-refractivity contribution in [1.29, 1.82) is 0 Å². The van der Waals surface area contributed by atoms with Crippen LogP contribution in [-0.4, -0.2) is 65.1 Å². The van der Waals surface area contributed by atoms with E-state index < -0.39 is 0 Å². The van der Waals surface area contributed by atoms with Crippen LogP contribution in [0.1, 0.15) is 31.2 Å². The number of nitrogens with one attached hydrogen (secondary N) is 2. The summed E-state index contributed by atoms with van der Waals surface area (Å²) in [7, 11) is 1.84. The van der Waals surface area contributed by atoms with Gasteiger partial charge in [-0.2, -0.15) is 0 Å². The van der Waals surface area contributed by atoms with Crippen LogP contribution in [0.15, 0.2) is 29.3 Å². The highest BCUT2D eigenvalue weighted by Gasteiger charge is 2.21. The Morgan fingerprint density at radius 3 is 2.89 bits per heavy atom. The van der Waals surface area contributed by atoms with E-state index in [9.17, 15) is 0 Å². The van der Waals surface area contributed by atoms with Gasteiger partial charge < -0.3 is 25.0 Å². The Hall–Kier alpha value is -1.79. The van der Waals surface area contributed by atoms with Gasteiger partial charge >= 0.3 is 0 Å². The van der Waals surface area contributed by atoms with Crippen molar-refractivity contribution in [2.45, 2.75) is 38.6 Å². The molecule has 2 aliphatic rings. The number of anilines is 1. The topological polar surface area (TPSA) is 58.1 Å². The maximum Gasteiger partial charge on any atom is 0.191 e. The van der Waals surface area contributed by atoms with Crippen LogP contribution in [0.3, 0.4) is 0 Å². The average molecular weight is 389 g/mol. The van der Waals surface area contributed by atoms with E-state index >= 15 is 0 Å². The first-order valence-corrected chi connectivity index (χ1v) is 10.7. The molecule has 2 heterocycles. The Balaban J connectivity index is 1.33. The summed E-state index contributed by atoms with van der Waals surface area (Å²) in [5, 5.41) is 7.02. The summed E-state index contributed by atoms with van der Waals surface area (Å²) in [6.07, 6.45) is 4.49. The zero-order valence-electron chi connectivity index (χ0n) is 17.5. The summed E-state index contributed by atoms with van der Waals surface area (Å²) in [6, 6.07) is 9.24. The van der Waals surface area contributed by atoms with Gasteiger partial charge in [0.15, 0.2) is 5.96 Å². The van der Waals surface area contributed by atoms with Gasteiger partial charge in [0.1, 0.15) is 0 Å². The Bertz CT molecular complexity index is 599. The minimum Gasteiger partial charge on any atom is -0.381 e. The van der Waals surface area contributed by atoms with Gasteiger partial charge in [-0.3, -0.25) is 4.99 Å². The molecule has 0 saturated carbocycles. The molecule has 0 amide bonds. The number of nitrogens with zero attached hydrogens (tertiary/aromatic N) is 2. The Morgan fingerprint density at radius 1 is 1.29 bits per heavy atom. The van der Waals surface area contributed by atoms with Crippen molar-refractivity contribution in [3.63, 3.8) is 0 Å². The average Bonchev–Trinajstić information content (AvgIpc) is 3.24. The summed E-state index contributed by atoms with van der Waals surface area (Å²) in [6.45, 7) is 8.49. The van der Waals surface area contributed by atoms with Crippen LogP contribution in [0.5, 0.6) is 0 Å². The van der Waals surface area contributed by atoms with Gasteiger partial charge in [-0.15, -0.1) is 0 Å². The number of aryl methyl sites for hydroxylation is 1. The van der Waals surface area contributed by atoms with Crippen LogP contribution >= 0.6 is 0 Å². The molecule has 2 atom stereocenters. The molecule has 2 fully saturated rings. The molecular formula is C22H36N4O2. The third kappa shape index (κ3) is 6.67. The molecule has 0 radical (unpaired) electrons. The van der Waals surface area contributed by atoms with E-state index in [2.05, 4.69) is 51.7 Å². The summed E-state index contributed by atoms with van der Waals surface area (Å²) < 4.78 is 11.1. The van der Waals surface area contributed by atoms with Crippen molar-refractivity contribution in [3.05, 3.63) is 29.8 Å². The largest absolute Gasteiger partial charge is 0.381 e. The van der Waals surface area contributed by atoms with Crippen LogP contribution in [-0.2, 0) is 9.47 Å². The quantitative estimate of drug-likeness (QED) is 0.407. The monoisotopic (exact) mass is 388 g/mol. The molecule has 2 saturated heterocycles. The molecule has 2 N–H and O–H groups in total. The zero-order valence-corrected chi connectivity index (χ0v) is 17.5. The number of aliphatic imine (C=N–C) groups is 1. The van der Waals surface area contributed by atoms with Gasteiger partial charge in [0.25, 0.3) is 0 Å². The number of hydrogen-bond acceptors (Lipinski definition) is 4. The second-order valence-electron chi connectivity index (χ2n) is 7.92. The van der Waals surface area contributed by atoms with Gasteiger partial charge in [0.2, 0.25) is 0 Å². The lowest BCUT2D eigenvalue weighted by Gasteiger charge is -2.35. The lowest BCUT2D eigenvalue weighted by atomic mass is 10.0. The van der Waals surface area contributed by atoms with E-state index in [0.717, 1.165) is 64.9 Å². The van der Waals surface area contributed by atoms with E-state index in [1.165, 1.54) is 24.1 Å². The van der Waals surface area contributed by atoms with Crippen molar-refractivity contribution in [2.75, 3.05) is 58.0 Å². The molecule has 0 aliphatic carbocycles. The lowest BCUT2D eigenvalue weighted by Crippen LogP contribution is -2.51. The first-order valence-electron chi connectivity index (χ1n) is 10.7. The molecule has 2 aliphatic heterocycles. The molecular weight excluding hydrogens is 352 g/mol. The van der Waals surface area contributed by atoms with Gasteiger partial charge in [0.05, 0.1) is 13.2 Å². The van der Waals surface area contributed by atoms with E-state index in [1.807, 2.05) is 7.05 Å². The highest BCUT2D eigenvalue weighted by molar-refractivity contribution is 5.80. The number of benzene rings is 1. The SMILES string of the molecule is CN=C(NCCCOCC1CCOC1)NC1CCCN(c2ccc(C)cc2)C1. The van der Waals surface area contributed by atoms with Gasteiger partial charge in [-0.05, 0) is 44.7 Å². The number of hydrogen-bond donors (Lipinski definition) is 2. The van der Waals surface area contributed by atoms with E-state index in [-0.39, 0.29) is 0 Å². The number of piperidine rings is 1. The maximum absolute atomic E-state index is 5.77. The highest BCUT2D eigenvalue weighted by Crippen LogP contribution is 2.20. The summed E-state index contributed by atoms with van der Waals surface area (Å²) in [4.78, 5) is 6.86. The van der Waals surface area contributed by atoms with Crippen molar-refractivity contribution >= 4 is 11.6 Å². The fourth-order valence-corrected chi connectivity index (χ4v) is 3.82. The van der Waals surface area contributed by atoms with Crippen molar-refractivity contribution < 1.29 is 9.47 Å². The molecule has 6 nitrogen and oxygen atoms in total. The van der Waals surface area contributed by atoms with E-state index in [4.69, 9.17) is 9.47 Å². The smallest absolute Gasteiger partial charge is 0.191 e. The number of rotatable bonds is 8. The summed E-state index contributed by atoms with van der Waals surface area (Å²) in [5.41, 5.74) is 2.62. The summed E-state index contributed by atoms with van der Waals surface area (Å²) in [5.74, 6) is 1.48.